The third kappa shape index (κ3) is 5.64. The van der Waals surface area contributed by atoms with E-state index >= 15 is 0 Å². The van der Waals surface area contributed by atoms with Crippen molar-refractivity contribution in [3.63, 3.8) is 0 Å². The molecule has 2 aromatic carbocycles. The van der Waals surface area contributed by atoms with E-state index in [2.05, 4.69) is 14.4 Å². The maximum Gasteiger partial charge on any atom is 0.337 e. The van der Waals surface area contributed by atoms with Crippen LogP contribution in [-0.2, 0) is 20.5 Å². The van der Waals surface area contributed by atoms with E-state index in [1.165, 1.54) is 7.11 Å². The highest BCUT2D eigenvalue weighted by Crippen LogP contribution is 2.20. The third-order valence-corrected chi connectivity index (χ3v) is 6.25. The van der Waals surface area contributed by atoms with Gasteiger partial charge < -0.3 is 9.64 Å². The van der Waals surface area contributed by atoms with Crippen molar-refractivity contribution in [3.05, 3.63) is 71.3 Å². The molecule has 0 aromatic heterocycles. The first kappa shape index (κ1) is 20.5. The Balaban J connectivity index is 1.72. The summed E-state index contributed by atoms with van der Waals surface area (Å²) in [7, 11) is -2.24. The zero-order valence-corrected chi connectivity index (χ0v) is 16.8. The zero-order valence-electron chi connectivity index (χ0n) is 16.0. The van der Waals surface area contributed by atoms with Gasteiger partial charge in [-0.2, -0.15) is 0 Å². The van der Waals surface area contributed by atoms with Gasteiger partial charge in [-0.3, -0.25) is 0 Å². The minimum atomic E-state index is -3.56. The summed E-state index contributed by atoms with van der Waals surface area (Å²) in [4.78, 5) is 13.8. The van der Waals surface area contributed by atoms with Gasteiger partial charge in [-0.15, -0.1) is 0 Å². The SMILES string of the molecule is COC(=O)c1ccc(CS(=O)(=O)NC(CN2CCCC2)c2ccccc2)cc1. The molecule has 0 radical (unpaired) electrons. The van der Waals surface area contributed by atoms with E-state index in [9.17, 15) is 13.2 Å². The molecule has 28 heavy (non-hydrogen) atoms. The second-order valence-electron chi connectivity index (χ2n) is 7.04. The molecule has 1 unspecified atom stereocenters. The highest BCUT2D eigenvalue weighted by atomic mass is 32.2. The molecule has 7 heteroatoms. The molecule has 1 aliphatic heterocycles. The number of hydrogen-bond acceptors (Lipinski definition) is 5. The number of esters is 1. The van der Waals surface area contributed by atoms with Crippen LogP contribution in [0.5, 0.6) is 0 Å². The van der Waals surface area contributed by atoms with Gasteiger partial charge in [0.2, 0.25) is 10.0 Å². The largest absolute Gasteiger partial charge is 0.465 e. The van der Waals surface area contributed by atoms with Crippen molar-refractivity contribution in [2.75, 3.05) is 26.7 Å². The van der Waals surface area contributed by atoms with Crippen molar-refractivity contribution in [2.45, 2.75) is 24.6 Å². The van der Waals surface area contributed by atoms with Crippen molar-refractivity contribution >= 4 is 16.0 Å². The molecule has 150 valence electrons. The van der Waals surface area contributed by atoms with E-state index in [4.69, 9.17) is 0 Å². The maximum absolute atomic E-state index is 12.8. The van der Waals surface area contributed by atoms with Crippen LogP contribution < -0.4 is 4.72 Å². The van der Waals surface area contributed by atoms with Crippen LogP contribution in [0.15, 0.2) is 54.6 Å². The Morgan fingerprint density at radius 1 is 1.07 bits per heavy atom. The fourth-order valence-electron chi connectivity index (χ4n) is 3.45. The molecule has 0 amide bonds. The highest BCUT2D eigenvalue weighted by molar-refractivity contribution is 7.88. The predicted molar refractivity (Wildman–Crippen MR) is 108 cm³/mol. The molecule has 1 aliphatic rings. The number of hydrogen-bond donors (Lipinski definition) is 1. The topological polar surface area (TPSA) is 75.7 Å². The molecule has 2 aromatic rings. The van der Waals surface area contributed by atoms with Gasteiger partial charge in [0.25, 0.3) is 0 Å². The zero-order chi connectivity index (χ0) is 20.0. The summed E-state index contributed by atoms with van der Waals surface area (Å²) >= 11 is 0. The molecule has 1 fully saturated rings. The van der Waals surface area contributed by atoms with Crippen LogP contribution in [0.3, 0.4) is 0 Å². The predicted octanol–water partition coefficient (Wildman–Crippen LogP) is 2.73. The minimum Gasteiger partial charge on any atom is -0.465 e. The average Bonchev–Trinajstić information content (AvgIpc) is 3.21. The molecular weight excluding hydrogens is 376 g/mol. The van der Waals surface area contributed by atoms with Crippen molar-refractivity contribution in [1.82, 2.24) is 9.62 Å². The molecule has 3 rings (SSSR count). The van der Waals surface area contributed by atoms with Crippen LogP contribution in [0.2, 0.25) is 0 Å². The number of nitrogens with zero attached hydrogens (tertiary/aromatic N) is 1. The van der Waals surface area contributed by atoms with Crippen molar-refractivity contribution in [3.8, 4) is 0 Å². The van der Waals surface area contributed by atoms with Gasteiger partial charge in [-0.05, 0) is 49.2 Å². The number of sulfonamides is 1. The number of rotatable bonds is 8. The van der Waals surface area contributed by atoms with Gasteiger partial charge in [0, 0.05) is 6.54 Å². The number of carbonyl (C=O) groups is 1. The summed E-state index contributed by atoms with van der Waals surface area (Å²) in [6.45, 7) is 2.66. The molecule has 1 atom stereocenters. The van der Waals surface area contributed by atoms with Gasteiger partial charge in [-0.25, -0.2) is 17.9 Å². The van der Waals surface area contributed by atoms with E-state index in [1.807, 2.05) is 30.3 Å². The van der Waals surface area contributed by atoms with Crippen LogP contribution in [0.1, 0.15) is 40.4 Å². The number of likely N-dealkylation sites (tertiary alicyclic amines) is 1. The summed E-state index contributed by atoms with van der Waals surface area (Å²) in [5.74, 6) is -0.583. The summed E-state index contributed by atoms with van der Waals surface area (Å²) < 4.78 is 33.2. The van der Waals surface area contributed by atoms with E-state index in [0.717, 1.165) is 31.5 Å². The second-order valence-corrected chi connectivity index (χ2v) is 8.79. The molecule has 0 aliphatic carbocycles. The number of methoxy groups -OCH3 is 1. The minimum absolute atomic E-state index is 0.141. The first-order valence-electron chi connectivity index (χ1n) is 9.41. The van der Waals surface area contributed by atoms with Crippen LogP contribution in [0.4, 0.5) is 0 Å². The van der Waals surface area contributed by atoms with E-state index in [1.54, 1.807) is 24.3 Å². The lowest BCUT2D eigenvalue weighted by molar-refractivity contribution is 0.0600. The Kier molecular flexibility index (Phi) is 6.83. The van der Waals surface area contributed by atoms with Gasteiger partial charge in [0.05, 0.1) is 24.5 Å². The average molecular weight is 403 g/mol. The van der Waals surface area contributed by atoms with Crippen molar-refractivity contribution in [1.29, 1.82) is 0 Å². The number of carbonyl (C=O) groups excluding carboxylic acids is 1. The Morgan fingerprint density at radius 2 is 1.71 bits per heavy atom. The molecule has 1 heterocycles. The summed E-state index contributed by atoms with van der Waals surface area (Å²) in [5.41, 5.74) is 1.97. The van der Waals surface area contributed by atoms with Crippen molar-refractivity contribution < 1.29 is 17.9 Å². The molecule has 0 spiro atoms. The van der Waals surface area contributed by atoms with Gasteiger partial charge in [0.15, 0.2) is 0 Å². The van der Waals surface area contributed by atoms with E-state index in [0.29, 0.717) is 17.7 Å². The van der Waals surface area contributed by atoms with Crippen molar-refractivity contribution in [2.24, 2.45) is 0 Å². The lowest BCUT2D eigenvalue weighted by atomic mass is 10.1. The lowest BCUT2D eigenvalue weighted by Crippen LogP contribution is -2.37. The second kappa shape index (κ2) is 9.32. The fourth-order valence-corrected chi connectivity index (χ4v) is 4.81. The maximum atomic E-state index is 12.8. The Hall–Kier alpha value is -2.22. The van der Waals surface area contributed by atoms with Crippen LogP contribution >= 0.6 is 0 Å². The quantitative estimate of drug-likeness (QED) is 0.687. The Labute approximate surface area is 166 Å². The number of ether oxygens (including phenoxy) is 1. The summed E-state index contributed by atoms with van der Waals surface area (Å²) in [5, 5.41) is 0. The Morgan fingerprint density at radius 3 is 2.32 bits per heavy atom. The van der Waals surface area contributed by atoms with Gasteiger partial charge in [-0.1, -0.05) is 42.5 Å². The van der Waals surface area contributed by atoms with Crippen LogP contribution in [-0.4, -0.2) is 46.0 Å². The monoisotopic (exact) mass is 402 g/mol. The van der Waals surface area contributed by atoms with E-state index < -0.39 is 16.0 Å². The molecule has 1 saturated heterocycles. The van der Waals surface area contributed by atoms with E-state index in [-0.39, 0.29) is 11.8 Å². The molecule has 6 nitrogen and oxygen atoms in total. The summed E-state index contributed by atoms with van der Waals surface area (Å²) in [6, 6.07) is 15.8. The highest BCUT2D eigenvalue weighted by Gasteiger charge is 2.24. The smallest absolute Gasteiger partial charge is 0.337 e. The molecular formula is C21H26N2O4S. The fraction of sp³-hybridized carbons (Fsp3) is 0.381. The van der Waals surface area contributed by atoms with Crippen LogP contribution in [0.25, 0.3) is 0 Å². The molecule has 1 N–H and O–H groups in total. The number of nitrogens with one attached hydrogen (secondary N) is 1. The third-order valence-electron chi connectivity index (χ3n) is 4.89. The van der Waals surface area contributed by atoms with Gasteiger partial charge >= 0.3 is 5.97 Å². The Bertz CT molecular complexity index is 876. The number of benzene rings is 2. The lowest BCUT2D eigenvalue weighted by Gasteiger charge is -2.25. The first-order valence-corrected chi connectivity index (χ1v) is 11.1. The summed E-state index contributed by atoms with van der Waals surface area (Å²) in [6.07, 6.45) is 2.31. The first-order chi connectivity index (χ1) is 13.5. The molecule has 0 bridgehead atoms. The standard InChI is InChI=1S/C21H26N2O4S/c1-27-21(24)19-11-9-17(10-12-19)16-28(25,26)22-20(15-23-13-5-6-14-23)18-7-3-2-4-8-18/h2-4,7-12,20,22H,5-6,13-16H2,1H3. The van der Waals surface area contributed by atoms with Crippen LogP contribution in [0, 0.1) is 0 Å². The van der Waals surface area contributed by atoms with Gasteiger partial charge in [0.1, 0.15) is 0 Å². The normalized spacial score (nSPS) is 16.0. The molecule has 0 saturated carbocycles.